The summed E-state index contributed by atoms with van der Waals surface area (Å²) in [4.78, 5) is 18.4. The van der Waals surface area contributed by atoms with Crippen LogP contribution in [0.2, 0.25) is 0 Å². The lowest BCUT2D eigenvalue weighted by Crippen LogP contribution is -2.41. The first-order valence-corrected chi connectivity index (χ1v) is 9.95. The molecule has 148 valence electrons. The van der Waals surface area contributed by atoms with Crippen LogP contribution in [0.25, 0.3) is 0 Å². The number of amides is 1. The van der Waals surface area contributed by atoms with E-state index >= 15 is 0 Å². The fourth-order valence-corrected chi connectivity index (χ4v) is 3.68. The Kier molecular flexibility index (Phi) is 5.07. The van der Waals surface area contributed by atoms with Crippen LogP contribution in [0.15, 0.2) is 52.6 Å². The molecule has 3 N–H and O–H groups in total. The van der Waals surface area contributed by atoms with Gasteiger partial charge in [-0.25, -0.2) is 4.99 Å². The second-order valence-corrected chi connectivity index (χ2v) is 7.84. The van der Waals surface area contributed by atoms with E-state index in [4.69, 9.17) is 5.73 Å². The molecule has 1 fully saturated rings. The molecule has 0 bridgehead atoms. The van der Waals surface area contributed by atoms with E-state index in [2.05, 4.69) is 27.6 Å². The molecule has 1 saturated carbocycles. The van der Waals surface area contributed by atoms with Gasteiger partial charge in [0.2, 0.25) is 5.91 Å². The molecule has 7 heteroatoms. The monoisotopic (exact) mass is 380 g/mol. The van der Waals surface area contributed by atoms with E-state index in [0.717, 1.165) is 36.4 Å². The molecule has 0 aromatic carbocycles. The standard InChI is InChI=1S/C21H28N6O/c1-14(28)27-10-9-20(24-17-7-8-17)19(13-27)21(22)25-18-5-3-15(4-6-18)16-11-23-26(2)12-16/h3,5-6,11-12,15,17,24H,4,7-10,13H2,1-2H3,(H2,22,25). The summed E-state index contributed by atoms with van der Waals surface area (Å²) in [5.41, 5.74) is 10.6. The van der Waals surface area contributed by atoms with Gasteiger partial charge in [-0.2, -0.15) is 5.10 Å². The van der Waals surface area contributed by atoms with Crippen LogP contribution < -0.4 is 11.1 Å². The van der Waals surface area contributed by atoms with Crippen molar-refractivity contribution in [2.75, 3.05) is 13.1 Å². The summed E-state index contributed by atoms with van der Waals surface area (Å²) in [6, 6.07) is 0.552. The average molecular weight is 380 g/mol. The van der Waals surface area contributed by atoms with Crippen LogP contribution in [-0.2, 0) is 11.8 Å². The molecular formula is C21H28N6O. The zero-order chi connectivity index (χ0) is 19.7. The van der Waals surface area contributed by atoms with Crippen molar-refractivity contribution in [1.82, 2.24) is 20.0 Å². The quantitative estimate of drug-likeness (QED) is 0.604. The molecular weight excluding hydrogens is 352 g/mol. The second-order valence-electron chi connectivity index (χ2n) is 7.84. The highest BCUT2D eigenvalue weighted by Crippen LogP contribution is 2.28. The van der Waals surface area contributed by atoms with Crippen molar-refractivity contribution < 1.29 is 4.79 Å². The summed E-state index contributed by atoms with van der Waals surface area (Å²) in [5.74, 6) is 0.903. The summed E-state index contributed by atoms with van der Waals surface area (Å²) >= 11 is 0. The molecule has 1 amide bonds. The summed E-state index contributed by atoms with van der Waals surface area (Å²) in [5, 5.41) is 7.83. The number of nitrogens with one attached hydrogen (secondary N) is 1. The molecule has 1 aliphatic heterocycles. The van der Waals surface area contributed by atoms with Crippen molar-refractivity contribution in [3.8, 4) is 0 Å². The SMILES string of the molecule is CC(=O)N1CCC(NC2CC2)=C(C(N)=NC2=CCC(c3cnn(C)c3)C=C2)C1. The smallest absolute Gasteiger partial charge is 0.219 e. The third-order valence-electron chi connectivity index (χ3n) is 5.54. The molecule has 2 heterocycles. The maximum Gasteiger partial charge on any atom is 0.219 e. The van der Waals surface area contributed by atoms with Crippen molar-refractivity contribution in [3.05, 3.63) is 53.2 Å². The molecule has 1 atom stereocenters. The van der Waals surface area contributed by atoms with E-state index in [1.807, 2.05) is 35.1 Å². The topological polar surface area (TPSA) is 88.5 Å². The van der Waals surface area contributed by atoms with Gasteiger partial charge in [-0.3, -0.25) is 9.48 Å². The fraction of sp³-hybridized carbons (Fsp3) is 0.476. The van der Waals surface area contributed by atoms with Gasteiger partial charge >= 0.3 is 0 Å². The Morgan fingerprint density at radius 2 is 2.21 bits per heavy atom. The molecule has 0 saturated heterocycles. The lowest BCUT2D eigenvalue weighted by Gasteiger charge is -2.30. The van der Waals surface area contributed by atoms with E-state index in [1.54, 1.807) is 6.92 Å². The average Bonchev–Trinajstić information content (AvgIpc) is 3.40. The van der Waals surface area contributed by atoms with Crippen LogP contribution in [0, 0.1) is 0 Å². The maximum absolute atomic E-state index is 11.8. The van der Waals surface area contributed by atoms with Crippen LogP contribution in [0.4, 0.5) is 0 Å². The second kappa shape index (κ2) is 7.66. The number of hydrogen-bond acceptors (Lipinski definition) is 4. The number of rotatable bonds is 5. The Morgan fingerprint density at radius 1 is 1.39 bits per heavy atom. The highest BCUT2D eigenvalue weighted by molar-refractivity contribution is 5.99. The minimum absolute atomic E-state index is 0.0758. The van der Waals surface area contributed by atoms with Gasteiger partial charge in [-0.05, 0) is 30.9 Å². The third-order valence-corrected chi connectivity index (χ3v) is 5.54. The Hall–Kier alpha value is -2.83. The Morgan fingerprint density at radius 3 is 2.82 bits per heavy atom. The molecule has 0 spiro atoms. The van der Waals surface area contributed by atoms with E-state index in [1.165, 1.54) is 18.4 Å². The van der Waals surface area contributed by atoms with E-state index in [9.17, 15) is 4.79 Å². The zero-order valence-corrected chi connectivity index (χ0v) is 16.6. The predicted octanol–water partition coefficient (Wildman–Crippen LogP) is 1.96. The highest BCUT2D eigenvalue weighted by Gasteiger charge is 2.28. The lowest BCUT2D eigenvalue weighted by atomic mass is 9.94. The largest absolute Gasteiger partial charge is 0.385 e. The van der Waals surface area contributed by atoms with Crippen molar-refractivity contribution in [3.63, 3.8) is 0 Å². The Bertz CT molecular complexity index is 886. The Balaban J connectivity index is 1.51. The summed E-state index contributed by atoms with van der Waals surface area (Å²) in [6.45, 7) is 2.86. The van der Waals surface area contributed by atoms with Gasteiger partial charge in [0, 0.05) is 56.4 Å². The van der Waals surface area contributed by atoms with Crippen LogP contribution in [0.5, 0.6) is 0 Å². The van der Waals surface area contributed by atoms with Crippen molar-refractivity contribution in [2.45, 2.75) is 44.6 Å². The van der Waals surface area contributed by atoms with Gasteiger partial charge in [0.1, 0.15) is 5.84 Å². The van der Waals surface area contributed by atoms with E-state index in [-0.39, 0.29) is 5.91 Å². The van der Waals surface area contributed by atoms with E-state index < -0.39 is 0 Å². The molecule has 1 aromatic rings. The Labute approximate surface area is 165 Å². The molecule has 28 heavy (non-hydrogen) atoms. The molecule has 7 nitrogen and oxygen atoms in total. The highest BCUT2D eigenvalue weighted by atomic mass is 16.2. The molecule has 1 aromatic heterocycles. The minimum atomic E-state index is 0.0758. The van der Waals surface area contributed by atoms with Crippen LogP contribution in [-0.4, -0.2) is 45.6 Å². The van der Waals surface area contributed by atoms with Gasteiger partial charge in [0.25, 0.3) is 0 Å². The zero-order valence-electron chi connectivity index (χ0n) is 16.6. The minimum Gasteiger partial charge on any atom is -0.385 e. The van der Waals surface area contributed by atoms with Crippen molar-refractivity contribution >= 4 is 11.7 Å². The number of nitrogens with zero attached hydrogens (tertiary/aromatic N) is 4. The van der Waals surface area contributed by atoms with Gasteiger partial charge in [-0.15, -0.1) is 0 Å². The molecule has 0 radical (unpaired) electrons. The van der Waals surface area contributed by atoms with Crippen LogP contribution in [0.1, 0.15) is 44.1 Å². The first-order valence-electron chi connectivity index (χ1n) is 9.95. The number of carbonyl (C=O) groups is 1. The number of hydrogen-bond donors (Lipinski definition) is 2. The third kappa shape index (κ3) is 4.18. The summed E-state index contributed by atoms with van der Waals surface area (Å²) < 4.78 is 1.82. The number of amidine groups is 1. The maximum atomic E-state index is 11.8. The van der Waals surface area contributed by atoms with Crippen molar-refractivity contribution in [1.29, 1.82) is 0 Å². The van der Waals surface area contributed by atoms with Crippen LogP contribution >= 0.6 is 0 Å². The number of aliphatic imine (C=N–C) groups is 1. The predicted molar refractivity (Wildman–Crippen MR) is 109 cm³/mol. The number of carbonyl (C=O) groups excluding carboxylic acids is 1. The molecule has 4 rings (SSSR count). The van der Waals surface area contributed by atoms with Gasteiger partial charge in [0.15, 0.2) is 0 Å². The number of allylic oxidation sites excluding steroid dienone is 3. The summed E-state index contributed by atoms with van der Waals surface area (Å²) in [6.07, 6.45) is 14.3. The van der Waals surface area contributed by atoms with Gasteiger partial charge in [-0.1, -0.05) is 12.2 Å². The first kappa shape index (κ1) is 18.5. The fourth-order valence-electron chi connectivity index (χ4n) is 3.68. The van der Waals surface area contributed by atoms with Gasteiger partial charge in [0.05, 0.1) is 18.4 Å². The molecule has 2 aliphatic carbocycles. The van der Waals surface area contributed by atoms with E-state index in [0.29, 0.717) is 24.3 Å². The number of aryl methyl sites for hydroxylation is 1. The number of nitrogens with two attached hydrogens (primary N) is 1. The van der Waals surface area contributed by atoms with Crippen LogP contribution in [0.3, 0.4) is 0 Å². The first-order chi connectivity index (χ1) is 13.5. The normalized spacial score (nSPS) is 23.1. The summed E-state index contributed by atoms with van der Waals surface area (Å²) in [7, 11) is 1.93. The number of aromatic nitrogens is 2. The van der Waals surface area contributed by atoms with Crippen molar-refractivity contribution in [2.24, 2.45) is 17.8 Å². The molecule has 1 unspecified atom stereocenters. The molecule has 3 aliphatic rings. The lowest BCUT2D eigenvalue weighted by molar-refractivity contribution is -0.128. The van der Waals surface area contributed by atoms with Gasteiger partial charge < -0.3 is 16.0 Å².